The maximum Gasteiger partial charge on any atom is 0.239 e. The molecule has 3 unspecified atom stereocenters. The van der Waals surface area contributed by atoms with Gasteiger partial charge in [-0.1, -0.05) is 40.0 Å². The van der Waals surface area contributed by atoms with Crippen LogP contribution in [-0.4, -0.2) is 36.0 Å². The van der Waals surface area contributed by atoms with Gasteiger partial charge in [-0.25, -0.2) is 0 Å². The van der Waals surface area contributed by atoms with Gasteiger partial charge in [0, 0.05) is 19.1 Å². The Morgan fingerprint density at radius 2 is 2.05 bits per heavy atom. The van der Waals surface area contributed by atoms with Gasteiger partial charge in [0.15, 0.2) is 0 Å². The zero-order valence-corrected chi connectivity index (χ0v) is 13.5. The van der Waals surface area contributed by atoms with Crippen molar-refractivity contribution in [3.63, 3.8) is 0 Å². The van der Waals surface area contributed by atoms with Crippen LogP contribution in [0.15, 0.2) is 0 Å². The van der Waals surface area contributed by atoms with Crippen LogP contribution in [0.5, 0.6) is 0 Å². The Kier molecular flexibility index (Phi) is 5.88. The van der Waals surface area contributed by atoms with Gasteiger partial charge in [0.2, 0.25) is 5.91 Å². The minimum Gasteiger partial charge on any atom is -0.341 e. The summed E-state index contributed by atoms with van der Waals surface area (Å²) in [5, 5.41) is 3.42. The fourth-order valence-corrected chi connectivity index (χ4v) is 3.88. The van der Waals surface area contributed by atoms with Crippen molar-refractivity contribution in [2.75, 3.05) is 13.1 Å². The van der Waals surface area contributed by atoms with Crippen LogP contribution in [0.2, 0.25) is 0 Å². The molecule has 1 saturated carbocycles. The van der Waals surface area contributed by atoms with Gasteiger partial charge in [-0.15, -0.1) is 0 Å². The summed E-state index contributed by atoms with van der Waals surface area (Å²) >= 11 is 0. The molecule has 0 bridgehead atoms. The standard InChI is InChI=1S/C17H32N2O/c1-13(2)18-16-8-5-10-19(17(16)20)11-9-15-7-4-6-14(3)12-15/h13-16,18H,4-12H2,1-3H3. The molecule has 116 valence electrons. The van der Waals surface area contributed by atoms with Crippen LogP contribution in [-0.2, 0) is 4.79 Å². The molecule has 3 atom stereocenters. The molecule has 2 rings (SSSR count). The summed E-state index contributed by atoms with van der Waals surface area (Å²) < 4.78 is 0. The van der Waals surface area contributed by atoms with Crippen molar-refractivity contribution in [1.82, 2.24) is 10.2 Å². The quantitative estimate of drug-likeness (QED) is 0.839. The molecule has 2 fully saturated rings. The number of piperidine rings is 1. The van der Waals surface area contributed by atoms with E-state index in [0.29, 0.717) is 11.9 Å². The Bertz CT molecular complexity index is 316. The van der Waals surface area contributed by atoms with Gasteiger partial charge in [0.25, 0.3) is 0 Å². The minimum absolute atomic E-state index is 0.0639. The minimum atomic E-state index is 0.0639. The van der Waals surface area contributed by atoms with Crippen LogP contribution in [0.1, 0.15) is 65.7 Å². The molecular weight excluding hydrogens is 248 g/mol. The Hall–Kier alpha value is -0.570. The number of amides is 1. The molecule has 2 aliphatic rings. The normalized spacial score (nSPS) is 31.9. The van der Waals surface area contributed by atoms with Gasteiger partial charge in [-0.05, 0) is 37.5 Å². The summed E-state index contributed by atoms with van der Waals surface area (Å²) in [7, 11) is 0. The maximum absolute atomic E-state index is 12.5. The lowest BCUT2D eigenvalue weighted by molar-refractivity contribution is -0.136. The summed E-state index contributed by atoms with van der Waals surface area (Å²) in [5.41, 5.74) is 0. The fourth-order valence-electron chi connectivity index (χ4n) is 3.88. The number of carbonyl (C=O) groups excluding carboxylic acids is 1. The molecule has 3 heteroatoms. The average molecular weight is 280 g/mol. The molecule has 1 aliphatic heterocycles. The molecule has 0 radical (unpaired) electrons. The van der Waals surface area contributed by atoms with E-state index in [9.17, 15) is 4.79 Å². The molecule has 0 aromatic carbocycles. The average Bonchev–Trinajstić information content (AvgIpc) is 2.39. The van der Waals surface area contributed by atoms with E-state index in [1.54, 1.807) is 0 Å². The SMILES string of the molecule is CC1CCCC(CCN2CCCC(NC(C)C)C2=O)C1. The van der Waals surface area contributed by atoms with E-state index in [4.69, 9.17) is 0 Å². The van der Waals surface area contributed by atoms with Crippen molar-refractivity contribution < 1.29 is 4.79 Å². The summed E-state index contributed by atoms with van der Waals surface area (Å²) in [4.78, 5) is 14.6. The molecule has 1 N–H and O–H groups in total. The highest BCUT2D eigenvalue weighted by atomic mass is 16.2. The van der Waals surface area contributed by atoms with Crippen molar-refractivity contribution in [2.45, 2.75) is 77.8 Å². The molecule has 20 heavy (non-hydrogen) atoms. The smallest absolute Gasteiger partial charge is 0.239 e. The van der Waals surface area contributed by atoms with Crippen LogP contribution >= 0.6 is 0 Å². The van der Waals surface area contributed by atoms with E-state index < -0.39 is 0 Å². The second-order valence-corrected chi connectivity index (χ2v) is 7.27. The van der Waals surface area contributed by atoms with Crippen LogP contribution in [0.4, 0.5) is 0 Å². The number of rotatable bonds is 5. The van der Waals surface area contributed by atoms with Crippen LogP contribution in [0, 0.1) is 11.8 Å². The third-order valence-electron chi connectivity index (χ3n) is 4.92. The van der Waals surface area contributed by atoms with Crippen molar-refractivity contribution in [2.24, 2.45) is 11.8 Å². The molecule has 3 nitrogen and oxygen atoms in total. The Balaban J connectivity index is 1.78. The largest absolute Gasteiger partial charge is 0.341 e. The third kappa shape index (κ3) is 4.47. The molecule has 1 amide bonds. The van der Waals surface area contributed by atoms with Crippen molar-refractivity contribution in [1.29, 1.82) is 0 Å². The van der Waals surface area contributed by atoms with E-state index in [0.717, 1.165) is 37.8 Å². The van der Waals surface area contributed by atoms with E-state index in [-0.39, 0.29) is 6.04 Å². The lowest BCUT2D eigenvalue weighted by Gasteiger charge is -2.35. The van der Waals surface area contributed by atoms with Gasteiger partial charge >= 0.3 is 0 Å². The van der Waals surface area contributed by atoms with Gasteiger partial charge in [-0.2, -0.15) is 0 Å². The zero-order valence-electron chi connectivity index (χ0n) is 13.5. The fraction of sp³-hybridized carbons (Fsp3) is 0.941. The lowest BCUT2D eigenvalue weighted by Crippen LogP contribution is -2.52. The first-order valence-electron chi connectivity index (χ1n) is 8.61. The summed E-state index contributed by atoms with van der Waals surface area (Å²) in [6.07, 6.45) is 8.90. The highest BCUT2D eigenvalue weighted by molar-refractivity contribution is 5.82. The van der Waals surface area contributed by atoms with E-state index in [1.807, 2.05) is 0 Å². The highest BCUT2D eigenvalue weighted by Gasteiger charge is 2.29. The maximum atomic E-state index is 12.5. The topological polar surface area (TPSA) is 32.3 Å². The van der Waals surface area contributed by atoms with Crippen LogP contribution < -0.4 is 5.32 Å². The number of nitrogens with zero attached hydrogens (tertiary/aromatic N) is 1. The van der Waals surface area contributed by atoms with E-state index in [1.165, 1.54) is 32.1 Å². The number of hydrogen-bond donors (Lipinski definition) is 1. The van der Waals surface area contributed by atoms with Gasteiger partial charge in [-0.3, -0.25) is 4.79 Å². The number of hydrogen-bond acceptors (Lipinski definition) is 2. The first-order chi connectivity index (χ1) is 9.56. The van der Waals surface area contributed by atoms with Gasteiger partial charge in [0.05, 0.1) is 6.04 Å². The monoisotopic (exact) mass is 280 g/mol. The number of nitrogens with one attached hydrogen (secondary N) is 1. The molecular formula is C17H32N2O. The Labute approximate surface area is 124 Å². The van der Waals surface area contributed by atoms with Gasteiger partial charge in [0.1, 0.15) is 0 Å². The molecule has 0 spiro atoms. The predicted molar refractivity (Wildman–Crippen MR) is 83.6 cm³/mol. The van der Waals surface area contributed by atoms with Crippen LogP contribution in [0.25, 0.3) is 0 Å². The lowest BCUT2D eigenvalue weighted by atomic mass is 9.81. The van der Waals surface area contributed by atoms with E-state index in [2.05, 4.69) is 31.0 Å². The zero-order chi connectivity index (χ0) is 14.5. The predicted octanol–water partition coefficient (Wildman–Crippen LogP) is 3.19. The van der Waals surface area contributed by atoms with Crippen LogP contribution in [0.3, 0.4) is 0 Å². The first-order valence-corrected chi connectivity index (χ1v) is 8.61. The summed E-state index contributed by atoms with van der Waals surface area (Å²) in [5.74, 6) is 2.08. The summed E-state index contributed by atoms with van der Waals surface area (Å²) in [6, 6.07) is 0.456. The first kappa shape index (κ1) is 15.8. The molecule has 1 saturated heterocycles. The highest BCUT2D eigenvalue weighted by Crippen LogP contribution is 2.31. The number of likely N-dealkylation sites (tertiary alicyclic amines) is 1. The van der Waals surface area contributed by atoms with Gasteiger partial charge < -0.3 is 10.2 Å². The third-order valence-corrected chi connectivity index (χ3v) is 4.92. The molecule has 0 aromatic heterocycles. The van der Waals surface area contributed by atoms with Crippen molar-refractivity contribution in [3.8, 4) is 0 Å². The molecule has 1 heterocycles. The molecule has 1 aliphatic carbocycles. The van der Waals surface area contributed by atoms with E-state index >= 15 is 0 Å². The Morgan fingerprint density at radius 3 is 2.75 bits per heavy atom. The second kappa shape index (κ2) is 7.44. The molecule has 0 aromatic rings. The van der Waals surface area contributed by atoms with Crippen molar-refractivity contribution in [3.05, 3.63) is 0 Å². The summed E-state index contributed by atoms with van der Waals surface area (Å²) in [6.45, 7) is 8.57. The van der Waals surface area contributed by atoms with Crippen molar-refractivity contribution >= 4 is 5.91 Å². The number of carbonyl (C=O) groups is 1. The Morgan fingerprint density at radius 1 is 1.25 bits per heavy atom. The second-order valence-electron chi connectivity index (χ2n) is 7.27.